The minimum Gasteiger partial charge on any atom is -0.206 e. The molecule has 0 bridgehead atoms. The lowest BCUT2D eigenvalue weighted by Crippen LogP contribution is -2.07. The van der Waals surface area contributed by atoms with E-state index >= 15 is 0 Å². The molecule has 0 amide bonds. The predicted octanol–water partition coefficient (Wildman–Crippen LogP) is 3.59. The Morgan fingerprint density at radius 3 is 2.50 bits per heavy atom. The summed E-state index contributed by atoms with van der Waals surface area (Å²) < 4.78 is 13.2. The van der Waals surface area contributed by atoms with E-state index in [-0.39, 0.29) is 10.3 Å². The largest absolute Gasteiger partial charge is 0.206 e. The molecule has 0 radical (unpaired) electrons. The van der Waals surface area contributed by atoms with E-state index < -0.39 is 5.82 Å². The van der Waals surface area contributed by atoms with Crippen molar-refractivity contribution in [3.63, 3.8) is 0 Å². The molecule has 0 saturated heterocycles. The van der Waals surface area contributed by atoms with Gasteiger partial charge in [-0.05, 0) is 12.1 Å². The van der Waals surface area contributed by atoms with Crippen LogP contribution in [0.5, 0.6) is 0 Å². The smallest absolute Gasteiger partial charge is 0.142 e. The van der Waals surface area contributed by atoms with E-state index in [0.717, 1.165) is 0 Å². The first-order chi connectivity index (χ1) is 6.44. The Morgan fingerprint density at radius 2 is 2.00 bits per heavy atom. The van der Waals surface area contributed by atoms with E-state index in [2.05, 4.69) is 0 Å². The van der Waals surface area contributed by atoms with Crippen molar-refractivity contribution < 1.29 is 4.39 Å². The zero-order valence-corrected chi connectivity index (χ0v) is 9.28. The van der Waals surface area contributed by atoms with E-state index in [4.69, 9.17) is 5.26 Å². The summed E-state index contributed by atoms with van der Waals surface area (Å²) in [6, 6.07) is 6.61. The normalized spacial score (nSPS) is 11.1. The van der Waals surface area contributed by atoms with Crippen molar-refractivity contribution in [1.82, 2.24) is 0 Å². The monoisotopic (exact) mass is 209 g/mol. The second-order valence-corrected chi connectivity index (χ2v) is 5.81. The third-order valence-corrected chi connectivity index (χ3v) is 2.68. The fourth-order valence-electron chi connectivity index (χ4n) is 1.03. The Bertz CT molecular complexity index is 374. The van der Waals surface area contributed by atoms with Gasteiger partial charge in [0.25, 0.3) is 0 Å². The second kappa shape index (κ2) is 4.02. The topological polar surface area (TPSA) is 23.8 Å². The van der Waals surface area contributed by atoms with Crippen LogP contribution < -0.4 is 0 Å². The molecule has 0 spiro atoms. The molecule has 1 rings (SSSR count). The van der Waals surface area contributed by atoms with Crippen molar-refractivity contribution in [3.05, 3.63) is 29.6 Å². The molecule has 74 valence electrons. The summed E-state index contributed by atoms with van der Waals surface area (Å²) in [6.07, 6.45) is 0. The van der Waals surface area contributed by atoms with Crippen molar-refractivity contribution in [2.75, 3.05) is 0 Å². The molecule has 1 aromatic carbocycles. The molecule has 0 unspecified atom stereocenters. The number of hydrogen-bond donors (Lipinski definition) is 0. The van der Waals surface area contributed by atoms with Crippen LogP contribution >= 0.6 is 11.8 Å². The zero-order valence-electron chi connectivity index (χ0n) is 8.47. The van der Waals surface area contributed by atoms with Crippen LogP contribution in [-0.2, 0) is 0 Å². The molecule has 0 N–H and O–H groups in total. The van der Waals surface area contributed by atoms with Crippen LogP contribution in [-0.4, -0.2) is 4.75 Å². The van der Waals surface area contributed by atoms with Gasteiger partial charge in [-0.25, -0.2) is 4.39 Å². The molecule has 0 fully saturated rings. The Balaban J connectivity index is 3.10. The van der Waals surface area contributed by atoms with Gasteiger partial charge < -0.3 is 0 Å². The van der Waals surface area contributed by atoms with Crippen LogP contribution in [0.25, 0.3) is 0 Å². The van der Waals surface area contributed by atoms with Crippen LogP contribution in [0, 0.1) is 17.1 Å². The number of nitrogens with zero attached hydrogens (tertiary/aromatic N) is 1. The van der Waals surface area contributed by atoms with Gasteiger partial charge in [0, 0.05) is 9.64 Å². The predicted molar refractivity (Wildman–Crippen MR) is 56.7 cm³/mol. The molecule has 0 aliphatic rings. The lowest BCUT2D eigenvalue weighted by Gasteiger charge is -2.18. The van der Waals surface area contributed by atoms with E-state index in [1.165, 1.54) is 17.8 Å². The summed E-state index contributed by atoms with van der Waals surface area (Å²) in [4.78, 5) is 0.708. The molecule has 1 nitrogen and oxygen atoms in total. The van der Waals surface area contributed by atoms with Crippen LogP contribution in [0.3, 0.4) is 0 Å². The molecule has 0 atom stereocenters. The molecule has 1 aromatic rings. The first-order valence-electron chi connectivity index (χ1n) is 4.31. The number of thioether (sulfide) groups is 1. The van der Waals surface area contributed by atoms with E-state index in [1.807, 2.05) is 26.8 Å². The molecule has 0 aromatic heterocycles. The maximum Gasteiger partial charge on any atom is 0.142 e. The molecule has 0 aliphatic heterocycles. The van der Waals surface area contributed by atoms with Crippen LogP contribution in [0.1, 0.15) is 26.3 Å². The second-order valence-electron chi connectivity index (χ2n) is 3.94. The summed E-state index contributed by atoms with van der Waals surface area (Å²) in [6.45, 7) is 6.09. The molecule has 0 saturated carbocycles. The molecular weight excluding hydrogens is 197 g/mol. The van der Waals surface area contributed by atoms with E-state index in [1.54, 1.807) is 12.1 Å². The van der Waals surface area contributed by atoms with E-state index in [9.17, 15) is 4.39 Å². The molecule has 3 heteroatoms. The Hall–Kier alpha value is -1.01. The lowest BCUT2D eigenvalue weighted by molar-refractivity contribution is 0.619. The first-order valence-corrected chi connectivity index (χ1v) is 5.13. The molecule has 0 aliphatic carbocycles. The van der Waals surface area contributed by atoms with Gasteiger partial charge in [-0.3, -0.25) is 0 Å². The van der Waals surface area contributed by atoms with E-state index in [0.29, 0.717) is 4.90 Å². The third-order valence-electron chi connectivity index (χ3n) is 1.50. The van der Waals surface area contributed by atoms with Gasteiger partial charge in [0.15, 0.2) is 0 Å². The maximum absolute atomic E-state index is 13.2. The fourth-order valence-corrected chi connectivity index (χ4v) is 2.08. The van der Waals surface area contributed by atoms with Crippen LogP contribution in [0.2, 0.25) is 0 Å². The molecule has 0 heterocycles. The van der Waals surface area contributed by atoms with Crippen molar-refractivity contribution in [3.8, 4) is 6.07 Å². The summed E-state index contributed by atoms with van der Waals surface area (Å²) >= 11 is 1.50. The summed E-state index contributed by atoms with van der Waals surface area (Å²) in [7, 11) is 0. The minimum absolute atomic E-state index is 0.0145. The van der Waals surface area contributed by atoms with Crippen molar-refractivity contribution in [2.45, 2.75) is 30.4 Å². The maximum atomic E-state index is 13.2. The van der Waals surface area contributed by atoms with Gasteiger partial charge in [-0.2, -0.15) is 5.26 Å². The van der Waals surface area contributed by atoms with Crippen molar-refractivity contribution in [1.29, 1.82) is 5.26 Å². The van der Waals surface area contributed by atoms with Gasteiger partial charge >= 0.3 is 0 Å². The minimum atomic E-state index is -0.443. The average molecular weight is 209 g/mol. The standard InChI is InChI=1S/C11H12FNS/c1-11(2,3)14-10-6-4-5-9(12)8(10)7-13/h4-6H,1-3H3. The highest BCUT2D eigenvalue weighted by Crippen LogP contribution is 2.34. The number of benzene rings is 1. The van der Waals surface area contributed by atoms with Crippen LogP contribution in [0.4, 0.5) is 4.39 Å². The Labute approximate surface area is 87.9 Å². The van der Waals surface area contributed by atoms with Crippen molar-refractivity contribution >= 4 is 11.8 Å². The molecule has 14 heavy (non-hydrogen) atoms. The lowest BCUT2D eigenvalue weighted by atomic mass is 10.2. The number of nitriles is 1. The zero-order chi connectivity index (χ0) is 10.8. The average Bonchev–Trinajstić information content (AvgIpc) is 2.01. The Morgan fingerprint density at radius 1 is 1.36 bits per heavy atom. The highest BCUT2D eigenvalue weighted by atomic mass is 32.2. The third kappa shape index (κ3) is 2.74. The van der Waals surface area contributed by atoms with Crippen LogP contribution in [0.15, 0.2) is 23.1 Å². The number of halogens is 1. The summed E-state index contributed by atoms with van der Waals surface area (Å²) in [5.74, 6) is -0.443. The highest BCUT2D eigenvalue weighted by molar-refractivity contribution is 8.00. The first kappa shape index (κ1) is 11.1. The van der Waals surface area contributed by atoms with Gasteiger partial charge in [-0.1, -0.05) is 26.8 Å². The molecular formula is C11H12FNS. The van der Waals surface area contributed by atoms with Gasteiger partial charge in [-0.15, -0.1) is 11.8 Å². The highest BCUT2D eigenvalue weighted by Gasteiger charge is 2.16. The fraction of sp³-hybridized carbons (Fsp3) is 0.364. The summed E-state index contributed by atoms with van der Waals surface area (Å²) in [5, 5.41) is 8.79. The summed E-state index contributed by atoms with van der Waals surface area (Å²) in [5.41, 5.74) is 0.146. The number of hydrogen-bond acceptors (Lipinski definition) is 2. The SMILES string of the molecule is CC(C)(C)Sc1cccc(F)c1C#N. The Kier molecular flexibility index (Phi) is 3.17. The van der Waals surface area contributed by atoms with Gasteiger partial charge in [0.2, 0.25) is 0 Å². The van der Waals surface area contributed by atoms with Crippen molar-refractivity contribution in [2.24, 2.45) is 0 Å². The van der Waals surface area contributed by atoms with Gasteiger partial charge in [0.1, 0.15) is 17.4 Å². The quantitative estimate of drug-likeness (QED) is 0.660. The number of rotatable bonds is 1. The van der Waals surface area contributed by atoms with Gasteiger partial charge in [0.05, 0.1) is 0 Å².